The zero-order chi connectivity index (χ0) is 6.41. The summed E-state index contributed by atoms with van der Waals surface area (Å²) in [6.07, 6.45) is 2.94. The minimum Gasteiger partial charge on any atom is -0.173 e. The molecule has 8 heavy (non-hydrogen) atoms. The molecule has 0 aliphatic carbocycles. The molecule has 0 spiro atoms. The van der Waals surface area contributed by atoms with Gasteiger partial charge in [0.2, 0.25) is 0 Å². The first-order valence-electron chi connectivity index (χ1n) is 2.45. The molecule has 0 bridgehead atoms. The van der Waals surface area contributed by atoms with E-state index in [2.05, 4.69) is 0 Å². The Bertz CT molecular complexity index is 99.1. The van der Waals surface area contributed by atoms with Crippen molar-refractivity contribution in [2.24, 2.45) is 0 Å². The average Bonchev–Trinajstić information content (AvgIpc) is 1.66. The predicted octanol–water partition coefficient (Wildman–Crippen LogP) is 2.73. The lowest BCUT2D eigenvalue weighted by Gasteiger charge is -1.73. The van der Waals surface area contributed by atoms with E-state index in [-0.39, 0.29) is 0 Å². The fourth-order valence-corrected chi connectivity index (χ4v) is 0.277. The van der Waals surface area contributed by atoms with Gasteiger partial charge in [0.15, 0.2) is 0 Å². The Hall–Kier alpha value is -0.660. The van der Waals surface area contributed by atoms with Crippen LogP contribution in [0.3, 0.4) is 0 Å². The zero-order valence-electron chi connectivity index (χ0n) is 4.70. The van der Waals surface area contributed by atoms with Crippen LogP contribution in [0.25, 0.3) is 0 Å². The van der Waals surface area contributed by atoms with Gasteiger partial charge in [0.05, 0.1) is 0 Å². The molecule has 0 atom stereocenters. The van der Waals surface area contributed by atoms with Crippen LogP contribution in [0.15, 0.2) is 24.3 Å². The fraction of sp³-hybridized carbons (Fsp3) is 0.333. The van der Waals surface area contributed by atoms with Crippen LogP contribution < -0.4 is 0 Å². The van der Waals surface area contributed by atoms with Gasteiger partial charge in [-0.15, -0.1) is 0 Å². The molecule has 0 saturated heterocycles. The van der Waals surface area contributed by atoms with Gasteiger partial charge in [0.25, 0.3) is 6.08 Å². The summed E-state index contributed by atoms with van der Waals surface area (Å²) in [5, 5.41) is 0. The van der Waals surface area contributed by atoms with Crippen molar-refractivity contribution in [3.05, 3.63) is 24.3 Å². The van der Waals surface area contributed by atoms with Crippen molar-refractivity contribution >= 4 is 0 Å². The van der Waals surface area contributed by atoms with Crippen molar-refractivity contribution in [3.63, 3.8) is 0 Å². The van der Waals surface area contributed by atoms with Gasteiger partial charge < -0.3 is 0 Å². The van der Waals surface area contributed by atoms with E-state index in [9.17, 15) is 8.78 Å². The van der Waals surface area contributed by atoms with Crippen molar-refractivity contribution in [1.82, 2.24) is 0 Å². The number of hydrogen-bond donors (Lipinski definition) is 0. The summed E-state index contributed by atoms with van der Waals surface area (Å²) < 4.78 is 22.3. The third-order valence-electron chi connectivity index (χ3n) is 0.594. The topological polar surface area (TPSA) is 0 Å². The molecule has 0 nitrogen and oxygen atoms in total. The van der Waals surface area contributed by atoms with Gasteiger partial charge in [-0.05, 0) is 6.42 Å². The molecule has 0 heterocycles. The minimum absolute atomic E-state index is 0.781. The van der Waals surface area contributed by atoms with E-state index in [1.165, 1.54) is 6.08 Å². The minimum atomic E-state index is -1.64. The van der Waals surface area contributed by atoms with Crippen LogP contribution in [0.1, 0.15) is 13.3 Å². The first-order valence-corrected chi connectivity index (χ1v) is 2.45. The van der Waals surface area contributed by atoms with E-state index < -0.39 is 6.08 Å². The first-order chi connectivity index (χ1) is 3.77. The third-order valence-corrected chi connectivity index (χ3v) is 0.594. The summed E-state index contributed by atoms with van der Waals surface area (Å²) in [6, 6.07) is 0. The van der Waals surface area contributed by atoms with Gasteiger partial charge in [-0.1, -0.05) is 19.1 Å². The number of halogens is 2. The fourth-order valence-electron chi connectivity index (χ4n) is 0.277. The summed E-state index contributed by atoms with van der Waals surface area (Å²) in [5.74, 6) is 0. The van der Waals surface area contributed by atoms with Crippen LogP contribution in [-0.2, 0) is 0 Å². The largest absolute Gasteiger partial charge is 0.270 e. The van der Waals surface area contributed by atoms with Gasteiger partial charge in [-0.25, -0.2) is 0 Å². The number of hydrogen-bond acceptors (Lipinski definition) is 0. The molecule has 0 unspecified atom stereocenters. The maximum Gasteiger partial charge on any atom is 0.270 e. The second kappa shape index (κ2) is 4.50. The first kappa shape index (κ1) is 7.34. The average molecular weight is 118 g/mol. The second-order valence-corrected chi connectivity index (χ2v) is 1.29. The van der Waals surface area contributed by atoms with E-state index in [1.807, 2.05) is 6.92 Å². The van der Waals surface area contributed by atoms with E-state index >= 15 is 0 Å². The molecule has 0 amide bonds. The van der Waals surface area contributed by atoms with Crippen molar-refractivity contribution in [1.29, 1.82) is 0 Å². The Labute approximate surface area is 47.5 Å². The van der Waals surface area contributed by atoms with Gasteiger partial charge in [-0.3, -0.25) is 0 Å². The lowest BCUT2D eigenvalue weighted by molar-refractivity contribution is 0.422. The molecule has 0 fully saturated rings. The van der Waals surface area contributed by atoms with E-state index in [0.717, 1.165) is 12.5 Å². The maximum absolute atomic E-state index is 11.2. The Morgan fingerprint density at radius 3 is 2.50 bits per heavy atom. The maximum atomic E-state index is 11.2. The SMILES string of the molecule is CCC=CC=C(F)F. The molecule has 0 N–H and O–H groups in total. The molecule has 0 aliphatic rings. The van der Waals surface area contributed by atoms with Crippen LogP contribution in [0.2, 0.25) is 0 Å². The van der Waals surface area contributed by atoms with Crippen molar-refractivity contribution < 1.29 is 8.78 Å². The van der Waals surface area contributed by atoms with Crippen LogP contribution in [0.4, 0.5) is 8.78 Å². The highest BCUT2D eigenvalue weighted by atomic mass is 19.3. The molecule has 0 rings (SSSR count). The molecule has 0 aromatic carbocycles. The number of rotatable bonds is 2. The van der Waals surface area contributed by atoms with Gasteiger partial charge >= 0.3 is 0 Å². The Morgan fingerprint density at radius 1 is 1.50 bits per heavy atom. The van der Waals surface area contributed by atoms with Gasteiger partial charge in [-0.2, -0.15) is 8.78 Å². The molecule has 0 aromatic rings. The molecular formula is C6H8F2. The molecule has 0 aromatic heterocycles. The van der Waals surface area contributed by atoms with Crippen LogP contribution in [0, 0.1) is 0 Å². The molecule has 0 saturated carbocycles. The molecule has 0 aliphatic heterocycles. The van der Waals surface area contributed by atoms with E-state index in [4.69, 9.17) is 0 Å². The number of allylic oxidation sites excluding steroid dienone is 3. The van der Waals surface area contributed by atoms with Gasteiger partial charge in [0, 0.05) is 6.08 Å². The summed E-state index contributed by atoms with van der Waals surface area (Å²) in [4.78, 5) is 0. The highest BCUT2D eigenvalue weighted by Crippen LogP contribution is 1.95. The molecular weight excluding hydrogens is 110 g/mol. The lowest BCUT2D eigenvalue weighted by Crippen LogP contribution is -1.54. The smallest absolute Gasteiger partial charge is 0.173 e. The van der Waals surface area contributed by atoms with Crippen LogP contribution >= 0.6 is 0 Å². The standard InChI is InChI=1S/C6H8F2/c1-2-3-4-5-6(7)8/h3-5H,2H2,1H3. The van der Waals surface area contributed by atoms with Crippen molar-refractivity contribution in [3.8, 4) is 0 Å². The normalized spacial score (nSPS) is 9.88. The summed E-state index contributed by atoms with van der Waals surface area (Å²) in [6.45, 7) is 1.89. The van der Waals surface area contributed by atoms with Crippen molar-refractivity contribution in [2.45, 2.75) is 13.3 Å². The second-order valence-electron chi connectivity index (χ2n) is 1.29. The highest BCUT2D eigenvalue weighted by Gasteiger charge is 1.78. The molecule has 2 heteroatoms. The van der Waals surface area contributed by atoms with E-state index in [0.29, 0.717) is 0 Å². The van der Waals surface area contributed by atoms with Crippen LogP contribution in [-0.4, -0.2) is 0 Å². The van der Waals surface area contributed by atoms with Gasteiger partial charge in [0.1, 0.15) is 0 Å². The quantitative estimate of drug-likeness (QED) is 0.489. The van der Waals surface area contributed by atoms with E-state index in [1.54, 1.807) is 6.08 Å². The lowest BCUT2D eigenvalue weighted by atomic mass is 10.4. The predicted molar refractivity (Wildman–Crippen MR) is 29.7 cm³/mol. The Balaban J connectivity index is 3.42. The van der Waals surface area contributed by atoms with Crippen LogP contribution in [0.5, 0.6) is 0 Å². The monoisotopic (exact) mass is 118 g/mol. The third kappa shape index (κ3) is 5.34. The molecule has 46 valence electrons. The Morgan fingerprint density at radius 2 is 2.12 bits per heavy atom. The summed E-state index contributed by atoms with van der Waals surface area (Å²) >= 11 is 0. The summed E-state index contributed by atoms with van der Waals surface area (Å²) in [5.41, 5.74) is 0. The Kier molecular flexibility index (Phi) is 4.13. The summed E-state index contributed by atoms with van der Waals surface area (Å²) in [7, 11) is 0. The van der Waals surface area contributed by atoms with Crippen molar-refractivity contribution in [2.75, 3.05) is 0 Å². The zero-order valence-corrected chi connectivity index (χ0v) is 4.70. The molecule has 0 radical (unpaired) electrons. The highest BCUT2D eigenvalue weighted by molar-refractivity contribution is 5.01.